The van der Waals surface area contributed by atoms with Crippen molar-refractivity contribution in [1.82, 2.24) is 5.32 Å². The predicted octanol–water partition coefficient (Wildman–Crippen LogP) is 3.07. The van der Waals surface area contributed by atoms with Crippen LogP contribution in [-0.4, -0.2) is 36.6 Å². The number of thioether (sulfide) groups is 1. The monoisotopic (exact) mass is 272 g/mol. The third-order valence-electron chi connectivity index (χ3n) is 3.17. The number of hydrogen-bond donors (Lipinski definition) is 1. The second kappa shape index (κ2) is 7.67. The fraction of sp³-hybridized carbons (Fsp3) is 0.846. The number of nitrogens with zero attached hydrogens (tertiary/aromatic N) is 1. The van der Waals surface area contributed by atoms with E-state index >= 15 is 0 Å². The number of carbonyl (C=O) groups excluding carboxylic acids is 1. The Morgan fingerprint density at radius 1 is 1.33 bits per heavy atom. The van der Waals surface area contributed by atoms with Crippen LogP contribution in [0.25, 0.3) is 0 Å². The first-order valence-electron chi connectivity index (χ1n) is 6.54. The molecule has 104 valence electrons. The minimum Gasteiger partial charge on any atom is -0.447 e. The Labute approximate surface area is 114 Å². The maximum atomic E-state index is 11.5. The molecule has 18 heavy (non-hydrogen) atoms. The van der Waals surface area contributed by atoms with Gasteiger partial charge in [-0.1, -0.05) is 0 Å². The average Bonchev–Trinajstić information content (AvgIpc) is 2.31. The SMILES string of the molecule is C/N=C(\SC)C1CCC(NC(=O)OC(C)C)CC1. The Balaban J connectivity index is 2.33. The molecule has 1 aliphatic rings. The summed E-state index contributed by atoms with van der Waals surface area (Å²) in [6.07, 6.45) is 5.95. The highest BCUT2D eigenvalue weighted by atomic mass is 32.2. The van der Waals surface area contributed by atoms with Crippen LogP contribution in [0.2, 0.25) is 0 Å². The van der Waals surface area contributed by atoms with E-state index in [9.17, 15) is 4.79 Å². The van der Waals surface area contributed by atoms with Crippen LogP contribution in [0.3, 0.4) is 0 Å². The van der Waals surface area contributed by atoms with Crippen LogP contribution in [0, 0.1) is 5.92 Å². The Morgan fingerprint density at radius 2 is 1.94 bits per heavy atom. The average molecular weight is 272 g/mol. The first kappa shape index (κ1) is 15.3. The number of aliphatic imine (C=N–C) groups is 1. The van der Waals surface area contributed by atoms with E-state index in [2.05, 4.69) is 16.6 Å². The van der Waals surface area contributed by atoms with Crippen LogP contribution in [-0.2, 0) is 4.74 Å². The third kappa shape index (κ3) is 4.88. The molecule has 0 unspecified atom stereocenters. The molecule has 0 spiro atoms. The lowest BCUT2D eigenvalue weighted by Gasteiger charge is -2.29. The Bertz CT molecular complexity index is 297. The number of carbonyl (C=O) groups is 1. The van der Waals surface area contributed by atoms with Gasteiger partial charge in [0.2, 0.25) is 0 Å². The van der Waals surface area contributed by atoms with Gasteiger partial charge in [-0.05, 0) is 45.8 Å². The van der Waals surface area contributed by atoms with Crippen molar-refractivity contribution in [3.8, 4) is 0 Å². The van der Waals surface area contributed by atoms with Crippen LogP contribution in [0.4, 0.5) is 4.79 Å². The van der Waals surface area contributed by atoms with Gasteiger partial charge in [-0.15, -0.1) is 11.8 Å². The van der Waals surface area contributed by atoms with E-state index in [4.69, 9.17) is 4.74 Å². The van der Waals surface area contributed by atoms with Gasteiger partial charge < -0.3 is 10.1 Å². The van der Waals surface area contributed by atoms with Crippen molar-refractivity contribution in [3.63, 3.8) is 0 Å². The number of alkyl carbamates (subject to hydrolysis) is 1. The molecule has 1 fully saturated rings. The normalized spacial score (nSPS) is 25.1. The summed E-state index contributed by atoms with van der Waals surface area (Å²) < 4.78 is 5.09. The van der Waals surface area contributed by atoms with E-state index in [-0.39, 0.29) is 18.2 Å². The highest BCUT2D eigenvalue weighted by Crippen LogP contribution is 2.28. The number of nitrogens with one attached hydrogen (secondary N) is 1. The maximum Gasteiger partial charge on any atom is 0.407 e. The summed E-state index contributed by atoms with van der Waals surface area (Å²) in [6.45, 7) is 3.72. The quantitative estimate of drug-likeness (QED) is 0.634. The molecule has 1 saturated carbocycles. The minimum absolute atomic E-state index is 0.0587. The molecule has 0 bridgehead atoms. The van der Waals surface area contributed by atoms with Crippen molar-refractivity contribution in [2.24, 2.45) is 10.9 Å². The van der Waals surface area contributed by atoms with Gasteiger partial charge in [0.1, 0.15) is 0 Å². The molecule has 0 saturated heterocycles. The predicted molar refractivity (Wildman–Crippen MR) is 77.4 cm³/mol. The fourth-order valence-corrected chi connectivity index (χ4v) is 3.09. The van der Waals surface area contributed by atoms with Gasteiger partial charge >= 0.3 is 6.09 Å². The molecule has 1 aliphatic carbocycles. The van der Waals surface area contributed by atoms with Gasteiger partial charge in [-0.25, -0.2) is 4.79 Å². The van der Waals surface area contributed by atoms with Crippen LogP contribution in [0.5, 0.6) is 0 Å². The summed E-state index contributed by atoms with van der Waals surface area (Å²) in [6, 6.07) is 0.257. The molecule has 4 nitrogen and oxygen atoms in total. The molecule has 1 rings (SSSR count). The van der Waals surface area contributed by atoms with Crippen molar-refractivity contribution >= 4 is 22.9 Å². The number of hydrogen-bond acceptors (Lipinski definition) is 4. The van der Waals surface area contributed by atoms with E-state index in [0.29, 0.717) is 5.92 Å². The highest BCUT2D eigenvalue weighted by Gasteiger charge is 2.25. The van der Waals surface area contributed by atoms with Crippen LogP contribution < -0.4 is 5.32 Å². The molecular formula is C13H24N2O2S. The summed E-state index contributed by atoms with van der Waals surface area (Å²) in [4.78, 5) is 15.8. The van der Waals surface area contributed by atoms with Crippen LogP contribution in [0.1, 0.15) is 39.5 Å². The maximum absolute atomic E-state index is 11.5. The minimum atomic E-state index is -0.289. The molecule has 0 heterocycles. The summed E-state index contributed by atoms with van der Waals surface area (Å²) in [5, 5.41) is 4.17. The summed E-state index contributed by atoms with van der Waals surface area (Å²) in [5.41, 5.74) is 0. The molecule has 0 aliphatic heterocycles. The Kier molecular flexibility index (Phi) is 6.54. The third-order valence-corrected chi connectivity index (χ3v) is 4.10. The summed E-state index contributed by atoms with van der Waals surface area (Å²) in [7, 11) is 1.86. The first-order valence-corrected chi connectivity index (χ1v) is 7.77. The highest BCUT2D eigenvalue weighted by molar-refractivity contribution is 8.13. The van der Waals surface area contributed by atoms with Gasteiger partial charge in [-0.2, -0.15) is 0 Å². The molecule has 0 aromatic heterocycles. The van der Waals surface area contributed by atoms with E-state index < -0.39 is 0 Å². The van der Waals surface area contributed by atoms with Crippen molar-refractivity contribution in [1.29, 1.82) is 0 Å². The summed E-state index contributed by atoms with van der Waals surface area (Å²) in [5.74, 6) is 0.573. The Hall–Kier alpha value is -0.710. The van der Waals surface area contributed by atoms with Gasteiger partial charge in [0.05, 0.1) is 11.1 Å². The second-order valence-electron chi connectivity index (χ2n) is 4.91. The first-order chi connectivity index (χ1) is 8.56. The molecule has 0 aromatic carbocycles. The molecule has 1 amide bonds. The number of ether oxygens (including phenoxy) is 1. The number of amides is 1. The largest absolute Gasteiger partial charge is 0.447 e. The second-order valence-corrected chi connectivity index (χ2v) is 5.74. The zero-order chi connectivity index (χ0) is 13.5. The van der Waals surface area contributed by atoms with Crippen LogP contribution >= 0.6 is 11.8 Å². The fourth-order valence-electron chi connectivity index (χ4n) is 2.34. The lowest BCUT2D eigenvalue weighted by Crippen LogP contribution is -2.39. The zero-order valence-electron chi connectivity index (χ0n) is 11.7. The molecule has 0 atom stereocenters. The van der Waals surface area contributed by atoms with Crippen LogP contribution in [0.15, 0.2) is 4.99 Å². The molecule has 0 radical (unpaired) electrons. The van der Waals surface area contributed by atoms with Crippen molar-refractivity contribution < 1.29 is 9.53 Å². The topological polar surface area (TPSA) is 50.7 Å². The van der Waals surface area contributed by atoms with Gasteiger partial charge in [0.15, 0.2) is 0 Å². The standard InChI is InChI=1S/C13H24N2O2S/c1-9(2)17-13(16)15-11-7-5-10(6-8-11)12(14-3)18-4/h9-11H,5-8H2,1-4H3,(H,15,16)/b14-12-. The summed E-state index contributed by atoms with van der Waals surface area (Å²) >= 11 is 1.74. The Morgan fingerprint density at radius 3 is 2.39 bits per heavy atom. The van der Waals surface area contributed by atoms with E-state index in [1.165, 1.54) is 5.04 Å². The van der Waals surface area contributed by atoms with Gasteiger partial charge in [-0.3, -0.25) is 4.99 Å². The molecule has 5 heteroatoms. The lowest BCUT2D eigenvalue weighted by molar-refractivity contribution is 0.109. The molecular weight excluding hydrogens is 248 g/mol. The van der Waals surface area contributed by atoms with Gasteiger partial charge in [0, 0.05) is 19.0 Å². The van der Waals surface area contributed by atoms with Gasteiger partial charge in [0.25, 0.3) is 0 Å². The number of rotatable bonds is 3. The van der Waals surface area contributed by atoms with E-state index in [0.717, 1.165) is 25.7 Å². The molecule has 1 N–H and O–H groups in total. The zero-order valence-corrected chi connectivity index (χ0v) is 12.5. The van der Waals surface area contributed by atoms with Crippen molar-refractivity contribution in [3.05, 3.63) is 0 Å². The van der Waals surface area contributed by atoms with Crippen molar-refractivity contribution in [2.45, 2.75) is 51.7 Å². The van der Waals surface area contributed by atoms with Crippen molar-refractivity contribution in [2.75, 3.05) is 13.3 Å². The van der Waals surface area contributed by atoms with E-state index in [1.807, 2.05) is 20.9 Å². The molecule has 0 aromatic rings. The lowest BCUT2D eigenvalue weighted by atomic mass is 9.86. The van der Waals surface area contributed by atoms with E-state index in [1.54, 1.807) is 11.8 Å². The smallest absolute Gasteiger partial charge is 0.407 e.